The minimum Gasteiger partial charge on any atom is -0.346 e. The van der Waals surface area contributed by atoms with Crippen molar-refractivity contribution in [1.82, 2.24) is 20.2 Å². The normalized spacial score (nSPS) is 14.2. The van der Waals surface area contributed by atoms with Crippen LogP contribution in [0, 0.1) is 0 Å². The largest absolute Gasteiger partial charge is 0.346 e. The van der Waals surface area contributed by atoms with Crippen molar-refractivity contribution in [2.24, 2.45) is 0 Å². The van der Waals surface area contributed by atoms with E-state index in [0.717, 1.165) is 16.7 Å². The van der Waals surface area contributed by atoms with E-state index in [4.69, 9.17) is 0 Å². The molecule has 9 nitrogen and oxygen atoms in total. The number of amides is 4. The molecule has 0 spiro atoms. The number of nitrogens with one attached hydrogen (secondary N) is 2. The van der Waals surface area contributed by atoms with E-state index in [1.807, 2.05) is 0 Å². The number of hydrogen-bond donors (Lipinski definition) is 2. The molecule has 2 heterocycles. The molecule has 0 saturated carbocycles. The topological polar surface area (TPSA) is 121 Å². The predicted octanol–water partition coefficient (Wildman–Crippen LogP) is -0.773. The van der Waals surface area contributed by atoms with Crippen LogP contribution in [0.1, 0.15) is 0 Å². The van der Waals surface area contributed by atoms with Gasteiger partial charge >= 0.3 is 11.8 Å². The Bertz CT molecular complexity index is 563. The van der Waals surface area contributed by atoms with Gasteiger partial charge in [-0.15, -0.1) is 0 Å². The molecule has 10 heteroatoms. The second kappa shape index (κ2) is 6.79. The smallest absolute Gasteiger partial charge is 0.316 e. The molecule has 1 aliphatic rings. The Morgan fingerprint density at radius 3 is 2.57 bits per heavy atom. The number of rotatable bonds is 4. The number of nitrogens with zero attached hydrogens (tertiary/aromatic N) is 3. The van der Waals surface area contributed by atoms with Crippen molar-refractivity contribution in [2.75, 3.05) is 24.2 Å². The molecule has 0 atom stereocenters. The highest BCUT2D eigenvalue weighted by Gasteiger charge is 2.29. The Morgan fingerprint density at radius 1 is 1.24 bits per heavy atom. The molecule has 110 valence electrons. The fourth-order valence-corrected chi connectivity index (χ4v) is 2.23. The second-order valence-electron chi connectivity index (χ2n) is 3.88. The van der Waals surface area contributed by atoms with Gasteiger partial charge in [-0.1, -0.05) is 11.8 Å². The fraction of sp³-hybridized carbons (Fsp3) is 0.273. The molecule has 1 aliphatic heterocycles. The van der Waals surface area contributed by atoms with Crippen LogP contribution < -0.4 is 10.6 Å². The molecule has 1 aromatic heterocycles. The minimum absolute atomic E-state index is 0.0000594. The van der Waals surface area contributed by atoms with Gasteiger partial charge in [-0.3, -0.25) is 29.4 Å². The van der Waals surface area contributed by atoms with E-state index in [9.17, 15) is 19.2 Å². The number of aromatic nitrogens is 2. The number of anilines is 1. The molecule has 0 unspecified atom stereocenters. The standard InChI is InChI=1S/C11H11N5O4S/c17-7-6-21-11(20)16(7)5-4-12-8(18)9(19)15-10-13-2-1-3-14-10/h1-3H,4-6H2,(H,12,18)(H,13,14,15,19). The summed E-state index contributed by atoms with van der Waals surface area (Å²) < 4.78 is 0. The molecule has 2 N–H and O–H groups in total. The first kappa shape index (κ1) is 14.9. The number of imide groups is 1. The molecule has 0 bridgehead atoms. The average Bonchev–Trinajstić information content (AvgIpc) is 2.80. The maximum Gasteiger partial charge on any atom is 0.316 e. The number of carbonyl (C=O) groups is 4. The van der Waals surface area contributed by atoms with Gasteiger partial charge in [0.05, 0.1) is 5.75 Å². The summed E-state index contributed by atoms with van der Waals surface area (Å²) in [4.78, 5) is 54.1. The first-order chi connectivity index (χ1) is 10.1. The van der Waals surface area contributed by atoms with Gasteiger partial charge in [0.2, 0.25) is 11.9 Å². The number of thioether (sulfide) groups is 1. The van der Waals surface area contributed by atoms with Crippen LogP contribution in [0.25, 0.3) is 0 Å². The summed E-state index contributed by atoms with van der Waals surface area (Å²) >= 11 is 0.909. The maximum absolute atomic E-state index is 11.5. The first-order valence-corrected chi connectivity index (χ1v) is 6.90. The van der Waals surface area contributed by atoms with Gasteiger partial charge in [0.15, 0.2) is 0 Å². The maximum atomic E-state index is 11.5. The molecular weight excluding hydrogens is 298 g/mol. The molecule has 0 aromatic carbocycles. The molecular formula is C11H11N5O4S. The zero-order valence-corrected chi connectivity index (χ0v) is 11.6. The van der Waals surface area contributed by atoms with Gasteiger partial charge in [0, 0.05) is 25.5 Å². The van der Waals surface area contributed by atoms with Crippen molar-refractivity contribution in [2.45, 2.75) is 0 Å². The van der Waals surface area contributed by atoms with Crippen molar-refractivity contribution in [3.8, 4) is 0 Å². The third kappa shape index (κ3) is 3.99. The Labute approximate surface area is 123 Å². The Hall–Kier alpha value is -2.49. The van der Waals surface area contributed by atoms with E-state index in [-0.39, 0.29) is 35.9 Å². The lowest BCUT2D eigenvalue weighted by Crippen LogP contribution is -2.41. The number of carbonyl (C=O) groups excluding carboxylic acids is 4. The van der Waals surface area contributed by atoms with Gasteiger partial charge in [-0.25, -0.2) is 9.97 Å². The molecule has 0 aliphatic carbocycles. The van der Waals surface area contributed by atoms with E-state index in [1.165, 1.54) is 12.4 Å². The van der Waals surface area contributed by atoms with Crippen molar-refractivity contribution >= 4 is 40.7 Å². The summed E-state index contributed by atoms with van der Waals surface area (Å²) in [5.74, 6) is -2.00. The Balaban J connectivity index is 1.75. The highest BCUT2D eigenvalue weighted by Crippen LogP contribution is 2.17. The van der Waals surface area contributed by atoms with Gasteiger partial charge in [0.1, 0.15) is 0 Å². The summed E-state index contributed by atoms with van der Waals surface area (Å²) in [5.41, 5.74) is 0. The van der Waals surface area contributed by atoms with Crippen LogP contribution in [-0.2, 0) is 14.4 Å². The van der Waals surface area contributed by atoms with Crippen LogP contribution in [0.5, 0.6) is 0 Å². The van der Waals surface area contributed by atoms with Crippen molar-refractivity contribution in [3.63, 3.8) is 0 Å². The SMILES string of the molecule is O=C(NCCN1C(=O)CSC1=O)C(=O)Nc1ncccn1. The first-order valence-electron chi connectivity index (χ1n) is 5.91. The molecule has 2 rings (SSSR count). The zero-order valence-electron chi connectivity index (χ0n) is 10.7. The Kier molecular flexibility index (Phi) is 4.82. The average molecular weight is 309 g/mol. The van der Waals surface area contributed by atoms with Crippen molar-refractivity contribution in [3.05, 3.63) is 18.5 Å². The van der Waals surface area contributed by atoms with E-state index < -0.39 is 11.8 Å². The summed E-state index contributed by atoms with van der Waals surface area (Å²) in [6, 6.07) is 1.57. The highest BCUT2D eigenvalue weighted by atomic mass is 32.2. The lowest BCUT2D eigenvalue weighted by atomic mass is 10.4. The molecule has 1 fully saturated rings. The van der Waals surface area contributed by atoms with Gasteiger partial charge in [-0.05, 0) is 6.07 Å². The van der Waals surface area contributed by atoms with Crippen molar-refractivity contribution < 1.29 is 19.2 Å². The summed E-state index contributed by atoms with van der Waals surface area (Å²) in [6.45, 7) is 0.0332. The summed E-state index contributed by atoms with van der Waals surface area (Å²) in [6.07, 6.45) is 2.84. The van der Waals surface area contributed by atoms with E-state index >= 15 is 0 Å². The van der Waals surface area contributed by atoms with Crippen molar-refractivity contribution in [1.29, 1.82) is 0 Å². The fourth-order valence-electron chi connectivity index (χ4n) is 1.48. The third-order valence-electron chi connectivity index (χ3n) is 2.46. The third-order valence-corrected chi connectivity index (χ3v) is 3.32. The van der Waals surface area contributed by atoms with Crippen LogP contribution >= 0.6 is 11.8 Å². The van der Waals surface area contributed by atoms with Crippen LogP contribution in [0.3, 0.4) is 0 Å². The lowest BCUT2D eigenvalue weighted by molar-refractivity contribution is -0.136. The monoisotopic (exact) mass is 309 g/mol. The number of hydrogen-bond acceptors (Lipinski definition) is 7. The zero-order chi connectivity index (χ0) is 15.2. The van der Waals surface area contributed by atoms with Gasteiger partial charge < -0.3 is 5.32 Å². The molecule has 21 heavy (non-hydrogen) atoms. The van der Waals surface area contributed by atoms with E-state index in [2.05, 4.69) is 20.6 Å². The highest BCUT2D eigenvalue weighted by molar-refractivity contribution is 8.14. The lowest BCUT2D eigenvalue weighted by Gasteiger charge is -2.12. The van der Waals surface area contributed by atoms with Crippen LogP contribution in [0.2, 0.25) is 0 Å². The quantitative estimate of drug-likeness (QED) is 0.700. The summed E-state index contributed by atoms with van der Waals surface area (Å²) in [5, 5.41) is 4.17. The van der Waals surface area contributed by atoms with E-state index in [0.29, 0.717) is 0 Å². The molecule has 1 saturated heterocycles. The van der Waals surface area contributed by atoms with Crippen LogP contribution in [0.4, 0.5) is 10.7 Å². The van der Waals surface area contributed by atoms with Crippen LogP contribution in [-0.4, -0.2) is 56.7 Å². The van der Waals surface area contributed by atoms with E-state index in [1.54, 1.807) is 6.07 Å². The molecule has 0 radical (unpaired) electrons. The molecule has 1 aromatic rings. The van der Waals surface area contributed by atoms with Crippen LogP contribution in [0.15, 0.2) is 18.5 Å². The summed E-state index contributed by atoms with van der Waals surface area (Å²) in [7, 11) is 0. The minimum atomic E-state index is -0.922. The second-order valence-corrected chi connectivity index (χ2v) is 4.81. The predicted molar refractivity (Wildman–Crippen MR) is 73.2 cm³/mol. The van der Waals surface area contributed by atoms with Gasteiger partial charge in [-0.2, -0.15) is 0 Å². The van der Waals surface area contributed by atoms with Gasteiger partial charge in [0.25, 0.3) is 5.24 Å². The Morgan fingerprint density at radius 2 is 1.95 bits per heavy atom. The molecule has 4 amide bonds.